The fourth-order valence-corrected chi connectivity index (χ4v) is 6.40. The highest BCUT2D eigenvalue weighted by Gasteiger charge is 2.56. The van der Waals surface area contributed by atoms with Crippen LogP contribution < -0.4 is 14.8 Å². The minimum atomic E-state index is -1.80. The third-order valence-electron chi connectivity index (χ3n) is 8.90. The Morgan fingerprint density at radius 1 is 0.918 bits per heavy atom. The third-order valence-corrected chi connectivity index (χ3v) is 9.23. The van der Waals surface area contributed by atoms with E-state index in [1.54, 1.807) is 31.4 Å². The summed E-state index contributed by atoms with van der Waals surface area (Å²) in [5.74, 6) is 0.329. The van der Waals surface area contributed by atoms with E-state index < -0.39 is 71.8 Å². The van der Waals surface area contributed by atoms with Crippen LogP contribution >= 0.6 is 34.8 Å². The number of carbonyl (C=O) groups is 2. The SMILES string of the molecule is CCC1O[C@@H](OC2[C@H](Oc3ccc(OC)cc3)OC3COC(c4ccccc4)O[C@@H]3[C@@H]2OC(C)=O)C(NC(=O)OCC(Cl)(Cl)Cl)[C@@H](C)[C@@H]1C. The Balaban J connectivity index is 1.48. The van der Waals surface area contributed by atoms with Crippen LogP contribution in [0.25, 0.3) is 0 Å². The number of fused-ring (bicyclic) bond motifs is 1. The van der Waals surface area contributed by atoms with Gasteiger partial charge in [0.05, 0.1) is 25.9 Å². The number of halogens is 3. The molecule has 2 aromatic rings. The molecule has 270 valence electrons. The fraction of sp³-hybridized carbons (Fsp3) is 0.588. The molecule has 0 aliphatic carbocycles. The zero-order valence-electron chi connectivity index (χ0n) is 27.8. The van der Waals surface area contributed by atoms with Crippen molar-refractivity contribution in [1.29, 1.82) is 0 Å². The minimum absolute atomic E-state index is 0.0105. The Morgan fingerprint density at radius 3 is 2.24 bits per heavy atom. The summed E-state index contributed by atoms with van der Waals surface area (Å²) in [6.45, 7) is 6.94. The predicted molar refractivity (Wildman–Crippen MR) is 179 cm³/mol. The van der Waals surface area contributed by atoms with E-state index >= 15 is 0 Å². The van der Waals surface area contributed by atoms with Crippen LogP contribution in [0.2, 0.25) is 0 Å². The second-order valence-corrected chi connectivity index (χ2v) is 14.7. The Bertz CT molecular complexity index is 1380. The van der Waals surface area contributed by atoms with Gasteiger partial charge in [-0.2, -0.15) is 0 Å². The van der Waals surface area contributed by atoms with Crippen molar-refractivity contribution in [2.45, 2.75) is 93.3 Å². The normalized spacial score (nSPS) is 33.1. The molecule has 0 radical (unpaired) electrons. The largest absolute Gasteiger partial charge is 0.497 e. The first-order chi connectivity index (χ1) is 23.4. The van der Waals surface area contributed by atoms with Crippen LogP contribution in [0.4, 0.5) is 4.79 Å². The molecule has 1 amide bonds. The first-order valence-corrected chi connectivity index (χ1v) is 17.3. The Kier molecular flexibility index (Phi) is 12.8. The molecule has 11 atom stereocenters. The number of alkyl carbamates (subject to hydrolysis) is 1. The number of nitrogens with one attached hydrogen (secondary N) is 1. The lowest BCUT2D eigenvalue weighted by atomic mass is 9.81. The second kappa shape index (κ2) is 16.6. The van der Waals surface area contributed by atoms with Crippen LogP contribution in [0, 0.1) is 11.8 Å². The van der Waals surface area contributed by atoms with Crippen molar-refractivity contribution in [1.82, 2.24) is 5.32 Å². The highest BCUT2D eigenvalue weighted by atomic mass is 35.6. The van der Waals surface area contributed by atoms with Gasteiger partial charge in [0.25, 0.3) is 0 Å². The fourth-order valence-electron chi connectivity index (χ4n) is 6.24. The number of esters is 1. The molecule has 5 rings (SSSR count). The Hall–Kier alpha value is -2.55. The quantitative estimate of drug-likeness (QED) is 0.224. The number of hydrogen-bond acceptors (Lipinski definition) is 11. The van der Waals surface area contributed by atoms with Crippen LogP contribution in [0.15, 0.2) is 54.6 Å². The number of amides is 1. The van der Waals surface area contributed by atoms with E-state index in [1.165, 1.54) is 6.92 Å². The van der Waals surface area contributed by atoms with Crippen molar-refractivity contribution in [3.63, 3.8) is 0 Å². The topological polar surface area (TPSA) is 129 Å². The van der Waals surface area contributed by atoms with Crippen LogP contribution in [0.3, 0.4) is 0 Å². The summed E-state index contributed by atoms with van der Waals surface area (Å²) in [5, 5.41) is 2.83. The zero-order chi connectivity index (χ0) is 35.3. The molecule has 15 heteroatoms. The highest BCUT2D eigenvalue weighted by molar-refractivity contribution is 6.67. The van der Waals surface area contributed by atoms with E-state index in [0.29, 0.717) is 17.9 Å². The summed E-state index contributed by atoms with van der Waals surface area (Å²) in [5.41, 5.74) is 0.776. The van der Waals surface area contributed by atoms with Crippen LogP contribution in [0.5, 0.6) is 11.5 Å². The minimum Gasteiger partial charge on any atom is -0.497 e. The van der Waals surface area contributed by atoms with E-state index in [-0.39, 0.29) is 24.5 Å². The maximum absolute atomic E-state index is 12.9. The van der Waals surface area contributed by atoms with Crippen molar-refractivity contribution in [2.24, 2.45) is 11.8 Å². The third kappa shape index (κ3) is 9.62. The van der Waals surface area contributed by atoms with Gasteiger partial charge in [0, 0.05) is 12.5 Å². The molecule has 0 saturated carbocycles. The summed E-state index contributed by atoms with van der Waals surface area (Å²) >= 11 is 17.4. The maximum Gasteiger partial charge on any atom is 0.407 e. The van der Waals surface area contributed by atoms with E-state index in [9.17, 15) is 9.59 Å². The summed E-state index contributed by atoms with van der Waals surface area (Å²) in [6, 6.07) is 15.5. The number of hydrogen-bond donors (Lipinski definition) is 1. The molecule has 3 aliphatic heterocycles. The first kappa shape index (κ1) is 37.7. The van der Waals surface area contributed by atoms with Gasteiger partial charge in [-0.05, 0) is 42.5 Å². The lowest BCUT2D eigenvalue weighted by Gasteiger charge is -2.51. The van der Waals surface area contributed by atoms with Gasteiger partial charge in [-0.15, -0.1) is 0 Å². The van der Waals surface area contributed by atoms with Gasteiger partial charge in [-0.1, -0.05) is 85.9 Å². The number of methoxy groups -OCH3 is 1. The van der Waals surface area contributed by atoms with E-state index in [4.69, 9.17) is 77.4 Å². The van der Waals surface area contributed by atoms with E-state index in [0.717, 1.165) is 5.56 Å². The summed E-state index contributed by atoms with van der Waals surface area (Å²) in [6.07, 6.45) is -7.08. The molecular weight excluding hydrogens is 705 g/mol. The molecule has 49 heavy (non-hydrogen) atoms. The Morgan fingerprint density at radius 2 is 1.61 bits per heavy atom. The molecule has 0 spiro atoms. The smallest absolute Gasteiger partial charge is 0.407 e. The van der Waals surface area contributed by atoms with Crippen molar-refractivity contribution >= 4 is 46.9 Å². The molecule has 1 N–H and O–H groups in total. The van der Waals surface area contributed by atoms with Crippen molar-refractivity contribution in [2.75, 3.05) is 20.3 Å². The molecule has 3 saturated heterocycles. The van der Waals surface area contributed by atoms with E-state index in [1.807, 2.05) is 51.1 Å². The number of ether oxygens (including phenoxy) is 9. The molecular formula is C34H42Cl3NO11. The summed E-state index contributed by atoms with van der Waals surface area (Å²) in [4.78, 5) is 25.6. The zero-order valence-corrected chi connectivity index (χ0v) is 30.1. The standard InChI is InChI=1S/C34H42Cl3NO11/c1-6-24-18(2)19(3)26(38-33(40)43-17-34(35,36)37)31(46-24)49-29-28(44-20(4)39)27-25(16-42-30(48-27)21-10-8-7-9-11-21)47-32(29)45-23-14-12-22(41-5)13-15-23/h7-15,18-19,24-32H,6,16-17H2,1-5H3,(H,38,40)/t18-,19-,24?,25?,26?,27-,28-,29?,30?,31-,32+/m0/s1. The molecule has 0 bridgehead atoms. The first-order valence-electron chi connectivity index (χ1n) is 16.1. The number of alkyl halides is 3. The monoisotopic (exact) mass is 745 g/mol. The molecule has 3 heterocycles. The van der Waals surface area contributed by atoms with Gasteiger partial charge in [-0.25, -0.2) is 4.79 Å². The molecule has 12 nitrogen and oxygen atoms in total. The Labute approximate surface area is 300 Å². The molecule has 3 fully saturated rings. The molecule has 5 unspecified atom stereocenters. The summed E-state index contributed by atoms with van der Waals surface area (Å²) < 4.78 is 53.1. The van der Waals surface area contributed by atoms with Gasteiger partial charge < -0.3 is 47.9 Å². The van der Waals surface area contributed by atoms with Crippen molar-refractivity contribution in [3.8, 4) is 11.5 Å². The van der Waals surface area contributed by atoms with Gasteiger partial charge in [-0.3, -0.25) is 4.79 Å². The average Bonchev–Trinajstić information content (AvgIpc) is 3.08. The van der Waals surface area contributed by atoms with Gasteiger partial charge >= 0.3 is 12.1 Å². The summed E-state index contributed by atoms with van der Waals surface area (Å²) in [7, 11) is 1.56. The van der Waals surface area contributed by atoms with Gasteiger partial charge in [0.1, 0.15) is 30.3 Å². The predicted octanol–water partition coefficient (Wildman–Crippen LogP) is 6.10. The molecule has 0 aromatic heterocycles. The van der Waals surface area contributed by atoms with Crippen LogP contribution in [0.1, 0.15) is 46.0 Å². The number of benzene rings is 2. The molecule has 3 aliphatic rings. The lowest BCUT2D eigenvalue weighted by Crippen LogP contribution is -2.67. The maximum atomic E-state index is 12.9. The molecule has 2 aromatic carbocycles. The van der Waals surface area contributed by atoms with Crippen LogP contribution in [-0.4, -0.2) is 85.3 Å². The van der Waals surface area contributed by atoms with Gasteiger partial charge in [0.15, 0.2) is 24.8 Å². The van der Waals surface area contributed by atoms with Crippen molar-refractivity contribution in [3.05, 3.63) is 60.2 Å². The van der Waals surface area contributed by atoms with E-state index in [2.05, 4.69) is 5.32 Å². The van der Waals surface area contributed by atoms with Crippen LogP contribution in [-0.2, 0) is 38.0 Å². The highest BCUT2D eigenvalue weighted by Crippen LogP contribution is 2.40. The average molecular weight is 747 g/mol. The number of carbonyl (C=O) groups excluding carboxylic acids is 2. The second-order valence-electron chi connectivity index (χ2n) is 12.2. The number of rotatable bonds is 10. The lowest BCUT2D eigenvalue weighted by molar-refractivity contribution is -0.374. The van der Waals surface area contributed by atoms with Gasteiger partial charge in [0.2, 0.25) is 10.1 Å². The van der Waals surface area contributed by atoms with Crippen molar-refractivity contribution < 1.29 is 52.2 Å².